The summed E-state index contributed by atoms with van der Waals surface area (Å²) in [5, 5.41) is 7.50. The lowest BCUT2D eigenvalue weighted by atomic mass is 10.1. The van der Waals surface area contributed by atoms with Crippen LogP contribution in [0, 0.1) is 13.8 Å². The number of nitrogens with one attached hydrogen (secondary N) is 1. The first kappa shape index (κ1) is 16.9. The van der Waals surface area contributed by atoms with E-state index in [1.807, 2.05) is 12.3 Å². The van der Waals surface area contributed by atoms with E-state index in [1.165, 1.54) is 28.7 Å². The molecule has 3 aromatic rings. The number of amides is 1. The van der Waals surface area contributed by atoms with Gasteiger partial charge in [-0.25, -0.2) is 9.97 Å². The van der Waals surface area contributed by atoms with Gasteiger partial charge in [0, 0.05) is 10.8 Å². The van der Waals surface area contributed by atoms with Gasteiger partial charge in [0.2, 0.25) is 5.91 Å². The number of carbonyl (C=O) groups is 1. The fourth-order valence-corrected chi connectivity index (χ4v) is 4.04. The number of hydrogen-bond acceptors (Lipinski definition) is 5. The Bertz CT molecular complexity index is 889. The molecule has 2 heterocycles. The minimum atomic E-state index is -0.0527. The van der Waals surface area contributed by atoms with Crippen LogP contribution in [0.25, 0.3) is 10.9 Å². The molecule has 0 aliphatic carbocycles. The van der Waals surface area contributed by atoms with E-state index in [-0.39, 0.29) is 5.91 Å². The van der Waals surface area contributed by atoms with Crippen LogP contribution in [-0.4, -0.2) is 21.6 Å². The number of pyridine rings is 1. The second-order valence-corrected chi connectivity index (χ2v) is 7.41. The van der Waals surface area contributed by atoms with Crippen molar-refractivity contribution >= 4 is 45.0 Å². The highest BCUT2D eigenvalue weighted by atomic mass is 32.2. The number of carbonyl (C=O) groups excluding carboxylic acids is 1. The Kier molecular flexibility index (Phi) is 5.16. The van der Waals surface area contributed by atoms with Crippen molar-refractivity contribution in [3.05, 3.63) is 46.5 Å². The number of anilines is 1. The molecule has 0 saturated carbocycles. The monoisotopic (exact) mass is 357 g/mol. The van der Waals surface area contributed by atoms with Gasteiger partial charge >= 0.3 is 0 Å². The summed E-state index contributed by atoms with van der Waals surface area (Å²) in [5.41, 5.74) is 4.26. The summed E-state index contributed by atoms with van der Waals surface area (Å²) < 4.78 is 0. The topological polar surface area (TPSA) is 54.9 Å². The molecule has 0 spiro atoms. The highest BCUT2D eigenvalue weighted by molar-refractivity contribution is 8.00. The number of para-hydroxylation sites is 1. The third kappa shape index (κ3) is 3.76. The smallest absolute Gasteiger partial charge is 0.236 e. The number of fused-ring (bicyclic) bond motifs is 1. The molecular formula is C18H19N3OS2. The maximum Gasteiger partial charge on any atom is 0.236 e. The Morgan fingerprint density at radius 2 is 2.12 bits per heavy atom. The van der Waals surface area contributed by atoms with Crippen molar-refractivity contribution in [3.63, 3.8) is 0 Å². The molecular weight excluding hydrogens is 338 g/mol. The molecule has 4 nitrogen and oxygen atoms in total. The van der Waals surface area contributed by atoms with E-state index in [0.717, 1.165) is 33.6 Å². The summed E-state index contributed by atoms with van der Waals surface area (Å²) in [6.45, 7) is 6.09. The first-order valence-corrected chi connectivity index (χ1v) is 9.67. The van der Waals surface area contributed by atoms with Crippen LogP contribution in [-0.2, 0) is 11.2 Å². The first-order chi connectivity index (χ1) is 11.6. The van der Waals surface area contributed by atoms with Gasteiger partial charge < -0.3 is 5.32 Å². The minimum absolute atomic E-state index is 0.0527. The number of benzene rings is 1. The minimum Gasteiger partial charge on any atom is -0.301 e. The average molecular weight is 358 g/mol. The van der Waals surface area contributed by atoms with E-state index in [4.69, 9.17) is 4.98 Å². The van der Waals surface area contributed by atoms with Gasteiger partial charge in [-0.2, -0.15) is 0 Å². The Labute approximate surface area is 149 Å². The van der Waals surface area contributed by atoms with Crippen molar-refractivity contribution in [1.82, 2.24) is 9.97 Å². The Hall–Kier alpha value is -1.92. The summed E-state index contributed by atoms with van der Waals surface area (Å²) in [4.78, 5) is 21.2. The third-order valence-corrected chi connectivity index (χ3v) is 5.58. The van der Waals surface area contributed by atoms with Gasteiger partial charge in [0.25, 0.3) is 0 Å². The molecule has 2 aromatic heterocycles. The normalized spacial score (nSPS) is 11.0. The highest BCUT2D eigenvalue weighted by Gasteiger charge is 2.11. The summed E-state index contributed by atoms with van der Waals surface area (Å²) >= 11 is 2.93. The van der Waals surface area contributed by atoms with Crippen molar-refractivity contribution in [3.8, 4) is 0 Å². The van der Waals surface area contributed by atoms with Crippen LogP contribution in [0.4, 0.5) is 5.13 Å². The fraction of sp³-hybridized carbons (Fsp3) is 0.278. The Balaban J connectivity index is 1.76. The molecule has 1 N–H and O–H groups in total. The molecule has 0 bridgehead atoms. The standard InChI is InChI=1S/C18H19N3OS2/c1-4-13-8-14-7-5-6-11(2)16(14)21-17(13)23-10-15(22)20-18-19-12(3)9-24-18/h5-9H,4,10H2,1-3H3,(H,19,20,22). The molecule has 1 aromatic carbocycles. The second-order valence-electron chi connectivity index (χ2n) is 5.58. The van der Waals surface area contributed by atoms with E-state index >= 15 is 0 Å². The number of aromatic nitrogens is 2. The van der Waals surface area contributed by atoms with Crippen molar-refractivity contribution in [1.29, 1.82) is 0 Å². The van der Waals surface area contributed by atoms with Crippen LogP contribution in [0.1, 0.15) is 23.7 Å². The molecule has 124 valence electrons. The predicted octanol–water partition coefficient (Wildman–Crippen LogP) is 4.60. The van der Waals surface area contributed by atoms with Crippen molar-refractivity contribution < 1.29 is 4.79 Å². The Morgan fingerprint density at radius 1 is 1.29 bits per heavy atom. The number of rotatable bonds is 5. The van der Waals surface area contributed by atoms with Gasteiger partial charge in [0.1, 0.15) is 5.03 Å². The lowest BCUT2D eigenvalue weighted by Crippen LogP contribution is -2.14. The molecule has 3 rings (SSSR count). The van der Waals surface area contributed by atoms with Gasteiger partial charge in [-0.1, -0.05) is 36.9 Å². The number of nitrogens with zero attached hydrogens (tertiary/aromatic N) is 2. The average Bonchev–Trinajstić information content (AvgIpc) is 2.97. The highest BCUT2D eigenvalue weighted by Crippen LogP contribution is 2.27. The van der Waals surface area contributed by atoms with E-state index < -0.39 is 0 Å². The third-order valence-electron chi connectivity index (χ3n) is 3.67. The lowest BCUT2D eigenvalue weighted by Gasteiger charge is -2.10. The molecule has 0 unspecified atom stereocenters. The lowest BCUT2D eigenvalue weighted by molar-refractivity contribution is -0.113. The van der Waals surface area contributed by atoms with Gasteiger partial charge in [0.05, 0.1) is 17.0 Å². The van der Waals surface area contributed by atoms with E-state index in [0.29, 0.717) is 10.9 Å². The number of thiazole rings is 1. The van der Waals surface area contributed by atoms with Crippen LogP contribution < -0.4 is 5.32 Å². The molecule has 0 saturated heterocycles. The summed E-state index contributed by atoms with van der Waals surface area (Å²) in [7, 11) is 0. The molecule has 0 radical (unpaired) electrons. The van der Waals surface area contributed by atoms with Gasteiger partial charge in [0.15, 0.2) is 5.13 Å². The maximum atomic E-state index is 12.1. The van der Waals surface area contributed by atoms with Gasteiger partial charge in [-0.3, -0.25) is 4.79 Å². The van der Waals surface area contributed by atoms with Crippen LogP contribution in [0.3, 0.4) is 0 Å². The molecule has 0 atom stereocenters. The van der Waals surface area contributed by atoms with Gasteiger partial charge in [-0.15, -0.1) is 11.3 Å². The fourth-order valence-electron chi connectivity index (χ4n) is 2.45. The van der Waals surface area contributed by atoms with Crippen LogP contribution in [0.15, 0.2) is 34.7 Å². The first-order valence-electron chi connectivity index (χ1n) is 7.81. The number of aryl methyl sites for hydroxylation is 3. The van der Waals surface area contributed by atoms with E-state index in [1.54, 1.807) is 0 Å². The number of hydrogen-bond donors (Lipinski definition) is 1. The van der Waals surface area contributed by atoms with Crippen LogP contribution in [0.5, 0.6) is 0 Å². The summed E-state index contributed by atoms with van der Waals surface area (Å²) in [6, 6.07) is 8.38. The number of thioether (sulfide) groups is 1. The largest absolute Gasteiger partial charge is 0.301 e. The summed E-state index contributed by atoms with van der Waals surface area (Å²) in [6.07, 6.45) is 0.895. The molecule has 6 heteroatoms. The predicted molar refractivity (Wildman–Crippen MR) is 102 cm³/mol. The molecule has 0 aliphatic heterocycles. The summed E-state index contributed by atoms with van der Waals surface area (Å²) in [5.74, 6) is 0.277. The zero-order chi connectivity index (χ0) is 17.1. The quantitative estimate of drug-likeness (QED) is 0.678. The molecule has 0 fully saturated rings. The molecule has 24 heavy (non-hydrogen) atoms. The van der Waals surface area contributed by atoms with Gasteiger partial charge in [-0.05, 0) is 37.5 Å². The van der Waals surface area contributed by atoms with E-state index in [9.17, 15) is 4.79 Å². The Morgan fingerprint density at radius 3 is 2.83 bits per heavy atom. The van der Waals surface area contributed by atoms with E-state index in [2.05, 4.69) is 48.4 Å². The molecule has 1 amide bonds. The van der Waals surface area contributed by atoms with Crippen LogP contribution in [0.2, 0.25) is 0 Å². The molecule has 0 aliphatic rings. The maximum absolute atomic E-state index is 12.1. The van der Waals surface area contributed by atoms with Crippen molar-refractivity contribution in [2.24, 2.45) is 0 Å². The SMILES string of the molecule is CCc1cc2cccc(C)c2nc1SCC(=O)Nc1nc(C)cs1. The van der Waals surface area contributed by atoms with Crippen molar-refractivity contribution in [2.45, 2.75) is 32.2 Å². The zero-order valence-electron chi connectivity index (χ0n) is 13.9. The van der Waals surface area contributed by atoms with Crippen molar-refractivity contribution in [2.75, 3.05) is 11.1 Å². The second kappa shape index (κ2) is 7.32. The van der Waals surface area contributed by atoms with Crippen LogP contribution >= 0.6 is 23.1 Å². The zero-order valence-corrected chi connectivity index (χ0v) is 15.6.